The first kappa shape index (κ1) is 19.3. The second-order valence-corrected chi connectivity index (χ2v) is 9.35. The van der Waals surface area contributed by atoms with Crippen LogP contribution in [0.4, 0.5) is 10.1 Å². The largest absolute Gasteiger partial charge is 0.356 e. The van der Waals surface area contributed by atoms with Crippen molar-refractivity contribution >= 4 is 17.6 Å². The summed E-state index contributed by atoms with van der Waals surface area (Å²) in [5, 5.41) is 3.42. The molecular weight excluding hydrogens is 367 g/mol. The van der Waals surface area contributed by atoms with Crippen LogP contribution in [0.25, 0.3) is 0 Å². The number of halogens is 1. The van der Waals surface area contributed by atoms with E-state index in [4.69, 9.17) is 0 Å². The predicted molar refractivity (Wildman–Crippen MR) is 117 cm³/mol. The van der Waals surface area contributed by atoms with E-state index in [2.05, 4.69) is 60.7 Å². The highest BCUT2D eigenvalue weighted by atomic mass is 32.2. The van der Waals surface area contributed by atoms with E-state index < -0.39 is 0 Å². The summed E-state index contributed by atoms with van der Waals surface area (Å²) in [6, 6.07) is 13.3. The van der Waals surface area contributed by atoms with Crippen LogP contribution >= 0.6 is 11.9 Å². The summed E-state index contributed by atoms with van der Waals surface area (Å²) in [4.78, 5) is 1.32. The molecule has 2 nitrogen and oxygen atoms in total. The fraction of sp³-hybridized carbons (Fsp3) is 0.333. The summed E-state index contributed by atoms with van der Waals surface area (Å²) in [6.07, 6.45) is 6.67. The Labute approximate surface area is 171 Å². The van der Waals surface area contributed by atoms with E-state index in [1.54, 1.807) is 12.1 Å². The van der Waals surface area contributed by atoms with Crippen LogP contribution < -0.4 is 5.32 Å². The molecule has 1 heterocycles. The van der Waals surface area contributed by atoms with Gasteiger partial charge in [0.2, 0.25) is 0 Å². The van der Waals surface area contributed by atoms with Crippen LogP contribution in [0.3, 0.4) is 0 Å². The average molecular weight is 395 g/mol. The topological polar surface area (TPSA) is 15.3 Å². The molecule has 0 spiro atoms. The zero-order valence-electron chi connectivity index (χ0n) is 16.8. The number of nitrogens with zero attached hydrogens (tertiary/aromatic N) is 1. The number of nitrogens with one attached hydrogen (secondary N) is 1. The summed E-state index contributed by atoms with van der Waals surface area (Å²) in [5.41, 5.74) is 6.44. The Balaban J connectivity index is 1.42. The van der Waals surface area contributed by atoms with Gasteiger partial charge in [0.15, 0.2) is 0 Å². The fourth-order valence-corrected chi connectivity index (χ4v) is 5.11. The van der Waals surface area contributed by atoms with Crippen LogP contribution in [0.15, 0.2) is 70.8 Å². The zero-order chi connectivity index (χ0) is 19.7. The molecule has 1 aliphatic heterocycles. The van der Waals surface area contributed by atoms with Gasteiger partial charge in [0.1, 0.15) is 5.82 Å². The monoisotopic (exact) mass is 394 g/mol. The van der Waals surface area contributed by atoms with E-state index in [1.807, 2.05) is 11.9 Å². The number of allylic oxidation sites excluding steroid dienone is 2. The van der Waals surface area contributed by atoms with Crippen LogP contribution in [0.2, 0.25) is 0 Å². The molecule has 4 heteroatoms. The normalized spacial score (nSPS) is 22.3. The van der Waals surface area contributed by atoms with Crippen molar-refractivity contribution in [1.82, 2.24) is 4.31 Å². The van der Waals surface area contributed by atoms with Crippen LogP contribution in [-0.2, 0) is 0 Å². The van der Waals surface area contributed by atoms with Gasteiger partial charge in [-0.25, -0.2) is 8.70 Å². The Kier molecular flexibility index (Phi) is 5.35. The lowest BCUT2D eigenvalue weighted by atomic mass is 9.72. The van der Waals surface area contributed by atoms with Crippen molar-refractivity contribution in [2.75, 3.05) is 18.4 Å². The Morgan fingerprint density at radius 3 is 2.61 bits per heavy atom. The minimum absolute atomic E-state index is 0.180. The fourth-order valence-electron chi connectivity index (χ4n) is 3.93. The maximum atomic E-state index is 13.1. The van der Waals surface area contributed by atoms with E-state index in [-0.39, 0.29) is 11.2 Å². The summed E-state index contributed by atoms with van der Waals surface area (Å²) in [5.74, 6) is -0.206. The van der Waals surface area contributed by atoms with Crippen molar-refractivity contribution < 1.29 is 4.39 Å². The van der Waals surface area contributed by atoms with Gasteiger partial charge in [-0.15, -0.1) is 0 Å². The van der Waals surface area contributed by atoms with E-state index in [0.29, 0.717) is 0 Å². The van der Waals surface area contributed by atoms with E-state index in [1.165, 1.54) is 33.7 Å². The quantitative estimate of drug-likeness (QED) is 0.597. The molecule has 1 aliphatic carbocycles. The maximum Gasteiger partial charge on any atom is 0.123 e. The smallest absolute Gasteiger partial charge is 0.123 e. The lowest BCUT2D eigenvalue weighted by Gasteiger charge is -2.43. The lowest BCUT2D eigenvalue weighted by molar-refractivity contribution is 0.247. The van der Waals surface area contributed by atoms with Gasteiger partial charge in [-0.05, 0) is 92.2 Å². The van der Waals surface area contributed by atoms with E-state index in [0.717, 1.165) is 37.3 Å². The number of rotatable bonds is 4. The van der Waals surface area contributed by atoms with Gasteiger partial charge in [0, 0.05) is 34.8 Å². The number of benzene rings is 2. The molecule has 1 unspecified atom stereocenters. The van der Waals surface area contributed by atoms with Gasteiger partial charge in [0.05, 0.1) is 0 Å². The maximum absolute atomic E-state index is 13.1. The van der Waals surface area contributed by atoms with Crippen molar-refractivity contribution in [3.05, 3.63) is 82.8 Å². The van der Waals surface area contributed by atoms with Crippen molar-refractivity contribution in [2.45, 2.75) is 38.5 Å². The SMILES string of the molecule is Cc1ccc(SN2CCC3=CC(Nc4ccc(F)cc4)=CCC3(C)C2)cc1C. The van der Waals surface area contributed by atoms with Crippen molar-refractivity contribution in [2.24, 2.45) is 5.41 Å². The molecule has 1 atom stereocenters. The molecule has 0 aromatic heterocycles. The average Bonchev–Trinajstić information content (AvgIpc) is 2.67. The van der Waals surface area contributed by atoms with Crippen LogP contribution in [0, 0.1) is 25.1 Å². The Hall–Kier alpha value is -2.04. The highest BCUT2D eigenvalue weighted by molar-refractivity contribution is 7.97. The first-order chi connectivity index (χ1) is 13.4. The summed E-state index contributed by atoms with van der Waals surface area (Å²) >= 11 is 1.88. The molecule has 146 valence electrons. The minimum atomic E-state index is -0.206. The summed E-state index contributed by atoms with van der Waals surface area (Å²) in [6.45, 7) is 8.82. The minimum Gasteiger partial charge on any atom is -0.356 e. The third-order valence-corrected chi connectivity index (χ3v) is 6.91. The second-order valence-electron chi connectivity index (χ2n) is 8.18. The molecule has 0 radical (unpaired) electrons. The number of fused-ring (bicyclic) bond motifs is 1. The van der Waals surface area contributed by atoms with Gasteiger partial charge in [-0.2, -0.15) is 0 Å². The molecule has 28 heavy (non-hydrogen) atoms. The van der Waals surface area contributed by atoms with E-state index in [9.17, 15) is 4.39 Å². The molecule has 1 fully saturated rings. The molecule has 2 aromatic rings. The van der Waals surface area contributed by atoms with Gasteiger partial charge < -0.3 is 5.32 Å². The van der Waals surface area contributed by atoms with Crippen LogP contribution in [0.1, 0.15) is 30.9 Å². The standard InChI is InChI=1S/C24H27FN2S/c1-17-4-9-23(14-18(17)2)28-27-13-11-19-15-22(10-12-24(19,3)16-27)26-21-7-5-20(25)6-8-21/h4-10,14-15,26H,11-13,16H2,1-3H3. The van der Waals surface area contributed by atoms with Crippen LogP contribution in [-0.4, -0.2) is 17.4 Å². The Morgan fingerprint density at radius 1 is 1.07 bits per heavy atom. The number of hydrogen-bond acceptors (Lipinski definition) is 3. The number of aryl methyl sites for hydroxylation is 2. The number of anilines is 1. The Bertz CT molecular complexity index is 932. The lowest BCUT2D eigenvalue weighted by Crippen LogP contribution is -2.40. The van der Waals surface area contributed by atoms with Gasteiger partial charge >= 0.3 is 0 Å². The predicted octanol–water partition coefficient (Wildman–Crippen LogP) is 6.49. The van der Waals surface area contributed by atoms with E-state index >= 15 is 0 Å². The highest BCUT2D eigenvalue weighted by Gasteiger charge is 2.36. The molecule has 0 amide bonds. The molecule has 0 saturated carbocycles. The first-order valence-electron chi connectivity index (χ1n) is 9.85. The van der Waals surface area contributed by atoms with Gasteiger partial charge in [-0.3, -0.25) is 0 Å². The highest BCUT2D eigenvalue weighted by Crippen LogP contribution is 2.44. The second kappa shape index (κ2) is 7.76. The van der Waals surface area contributed by atoms with Crippen molar-refractivity contribution in [3.63, 3.8) is 0 Å². The summed E-state index contributed by atoms with van der Waals surface area (Å²) in [7, 11) is 0. The summed E-state index contributed by atoms with van der Waals surface area (Å²) < 4.78 is 15.6. The first-order valence-corrected chi connectivity index (χ1v) is 10.6. The molecule has 2 aliphatic rings. The molecular formula is C24H27FN2S. The zero-order valence-corrected chi connectivity index (χ0v) is 17.6. The molecule has 1 saturated heterocycles. The third-order valence-electron chi connectivity index (χ3n) is 5.88. The number of piperidine rings is 1. The van der Waals surface area contributed by atoms with Crippen molar-refractivity contribution in [3.8, 4) is 0 Å². The Morgan fingerprint density at radius 2 is 1.86 bits per heavy atom. The third kappa shape index (κ3) is 4.18. The van der Waals surface area contributed by atoms with Crippen molar-refractivity contribution in [1.29, 1.82) is 0 Å². The number of hydrogen-bond donors (Lipinski definition) is 1. The molecule has 0 bridgehead atoms. The van der Waals surface area contributed by atoms with Crippen LogP contribution in [0.5, 0.6) is 0 Å². The van der Waals surface area contributed by atoms with Gasteiger partial charge in [0.25, 0.3) is 0 Å². The van der Waals surface area contributed by atoms with Gasteiger partial charge in [-0.1, -0.05) is 24.6 Å². The molecule has 2 aromatic carbocycles. The molecule has 1 N–H and O–H groups in total. The molecule has 4 rings (SSSR count).